The predicted molar refractivity (Wildman–Crippen MR) is 76.8 cm³/mol. The van der Waals surface area contributed by atoms with E-state index in [1.165, 1.54) is 12.8 Å². The zero-order valence-electron chi connectivity index (χ0n) is 12.7. The summed E-state index contributed by atoms with van der Waals surface area (Å²) < 4.78 is 2.05. The molecule has 2 heterocycles. The van der Waals surface area contributed by atoms with Crippen molar-refractivity contribution >= 4 is 0 Å². The molecule has 1 aromatic rings. The number of rotatable bonds is 5. The molecular weight excluding hydrogens is 238 g/mol. The molecule has 1 fully saturated rings. The highest BCUT2D eigenvalue weighted by Gasteiger charge is 2.28. The summed E-state index contributed by atoms with van der Waals surface area (Å²) in [5.74, 6) is 1.70. The van der Waals surface area contributed by atoms with E-state index in [0.717, 1.165) is 32.0 Å². The van der Waals surface area contributed by atoms with Gasteiger partial charge in [0.2, 0.25) is 0 Å². The average molecular weight is 265 g/mol. The minimum atomic E-state index is 0.308. The normalized spacial score (nSPS) is 20.1. The fraction of sp³-hybridized carbons (Fsp3) is 0.857. The highest BCUT2D eigenvalue weighted by atomic mass is 15.3. The summed E-state index contributed by atoms with van der Waals surface area (Å²) in [6.45, 7) is 10.9. The lowest BCUT2D eigenvalue weighted by Gasteiger charge is -2.39. The summed E-state index contributed by atoms with van der Waals surface area (Å²) in [7, 11) is 2.06. The first-order valence-electron chi connectivity index (χ1n) is 7.30. The van der Waals surface area contributed by atoms with Gasteiger partial charge in [0.1, 0.15) is 12.2 Å². The van der Waals surface area contributed by atoms with E-state index in [-0.39, 0.29) is 0 Å². The number of nitrogens with zero attached hydrogens (tertiary/aromatic N) is 4. The molecule has 1 aliphatic rings. The van der Waals surface area contributed by atoms with Crippen LogP contribution in [0.25, 0.3) is 0 Å². The van der Waals surface area contributed by atoms with Crippen LogP contribution >= 0.6 is 0 Å². The van der Waals surface area contributed by atoms with Crippen molar-refractivity contribution in [2.24, 2.45) is 5.92 Å². The SMILES string of the molecule is CNC1(C)CCN(Cc2ncnn2CC(C)C)CC1. The van der Waals surface area contributed by atoms with Gasteiger partial charge in [-0.25, -0.2) is 9.67 Å². The molecule has 5 nitrogen and oxygen atoms in total. The van der Waals surface area contributed by atoms with Crippen LogP contribution in [0.4, 0.5) is 0 Å². The molecule has 1 aliphatic heterocycles. The third-order valence-corrected chi connectivity index (χ3v) is 4.16. The molecule has 1 saturated heterocycles. The zero-order valence-corrected chi connectivity index (χ0v) is 12.7. The molecule has 19 heavy (non-hydrogen) atoms. The van der Waals surface area contributed by atoms with Gasteiger partial charge in [-0.2, -0.15) is 5.10 Å². The maximum Gasteiger partial charge on any atom is 0.141 e. The lowest BCUT2D eigenvalue weighted by atomic mass is 9.90. The number of aromatic nitrogens is 3. The Morgan fingerprint density at radius 2 is 2.05 bits per heavy atom. The largest absolute Gasteiger partial charge is 0.314 e. The lowest BCUT2D eigenvalue weighted by molar-refractivity contribution is 0.141. The second-order valence-electron chi connectivity index (χ2n) is 6.34. The molecule has 0 aromatic carbocycles. The molecule has 0 spiro atoms. The molecule has 0 saturated carbocycles. The van der Waals surface area contributed by atoms with Gasteiger partial charge < -0.3 is 5.32 Å². The summed E-state index contributed by atoms with van der Waals surface area (Å²) in [5, 5.41) is 7.77. The number of hydrogen-bond donors (Lipinski definition) is 1. The molecule has 0 radical (unpaired) electrons. The van der Waals surface area contributed by atoms with Gasteiger partial charge in [0.05, 0.1) is 6.54 Å². The van der Waals surface area contributed by atoms with Crippen molar-refractivity contribution in [3.63, 3.8) is 0 Å². The highest BCUT2D eigenvalue weighted by molar-refractivity contribution is 4.91. The number of nitrogens with one attached hydrogen (secondary N) is 1. The van der Waals surface area contributed by atoms with Gasteiger partial charge >= 0.3 is 0 Å². The Kier molecular flexibility index (Phi) is 4.58. The zero-order chi connectivity index (χ0) is 13.9. The standard InChI is InChI=1S/C14H27N5/c1-12(2)9-19-13(16-11-17-19)10-18-7-5-14(3,15-4)6-8-18/h11-12,15H,5-10H2,1-4H3. The Morgan fingerprint density at radius 1 is 1.37 bits per heavy atom. The Morgan fingerprint density at radius 3 is 2.63 bits per heavy atom. The van der Waals surface area contributed by atoms with Gasteiger partial charge in [-0.3, -0.25) is 4.90 Å². The van der Waals surface area contributed by atoms with Crippen molar-refractivity contribution in [2.75, 3.05) is 20.1 Å². The van der Waals surface area contributed by atoms with Crippen molar-refractivity contribution in [3.8, 4) is 0 Å². The maximum absolute atomic E-state index is 4.41. The summed E-state index contributed by atoms with van der Waals surface area (Å²) in [5.41, 5.74) is 0.308. The van der Waals surface area contributed by atoms with Gasteiger partial charge in [-0.05, 0) is 32.7 Å². The van der Waals surface area contributed by atoms with Crippen LogP contribution in [0.3, 0.4) is 0 Å². The predicted octanol–water partition coefficient (Wildman–Crippen LogP) is 1.51. The third kappa shape index (κ3) is 3.76. The van der Waals surface area contributed by atoms with Gasteiger partial charge in [0, 0.05) is 25.2 Å². The molecule has 108 valence electrons. The molecule has 0 amide bonds. The molecule has 5 heteroatoms. The smallest absolute Gasteiger partial charge is 0.141 e. The van der Waals surface area contributed by atoms with Crippen LogP contribution in [-0.2, 0) is 13.1 Å². The monoisotopic (exact) mass is 265 g/mol. The first-order valence-corrected chi connectivity index (χ1v) is 7.30. The van der Waals surface area contributed by atoms with Gasteiger partial charge in [0.15, 0.2) is 0 Å². The topological polar surface area (TPSA) is 46.0 Å². The Hall–Kier alpha value is -0.940. The van der Waals surface area contributed by atoms with Gasteiger partial charge in [-0.15, -0.1) is 0 Å². The fourth-order valence-corrected chi connectivity index (χ4v) is 2.56. The molecule has 0 bridgehead atoms. The average Bonchev–Trinajstić information content (AvgIpc) is 2.79. The molecule has 1 N–H and O–H groups in total. The highest BCUT2D eigenvalue weighted by Crippen LogP contribution is 2.22. The Bertz CT molecular complexity index is 390. The van der Waals surface area contributed by atoms with Crippen molar-refractivity contribution < 1.29 is 0 Å². The number of likely N-dealkylation sites (tertiary alicyclic amines) is 1. The Balaban J connectivity index is 1.91. The molecule has 0 aliphatic carbocycles. The fourth-order valence-electron chi connectivity index (χ4n) is 2.56. The Labute approximate surface area is 116 Å². The van der Waals surface area contributed by atoms with E-state index in [2.05, 4.69) is 52.8 Å². The summed E-state index contributed by atoms with van der Waals surface area (Å²) >= 11 is 0. The number of piperidine rings is 1. The van der Waals surface area contributed by atoms with Crippen molar-refractivity contribution in [3.05, 3.63) is 12.2 Å². The van der Waals surface area contributed by atoms with Crippen molar-refractivity contribution in [1.82, 2.24) is 25.0 Å². The van der Waals surface area contributed by atoms with Gasteiger partial charge in [-0.1, -0.05) is 13.8 Å². The van der Waals surface area contributed by atoms with E-state index in [0.29, 0.717) is 11.5 Å². The van der Waals surface area contributed by atoms with Crippen LogP contribution in [0.15, 0.2) is 6.33 Å². The van der Waals surface area contributed by atoms with Crippen LogP contribution in [0.1, 0.15) is 39.4 Å². The molecular formula is C14H27N5. The van der Waals surface area contributed by atoms with Crippen LogP contribution < -0.4 is 5.32 Å². The van der Waals surface area contributed by atoms with Crippen LogP contribution in [0.5, 0.6) is 0 Å². The third-order valence-electron chi connectivity index (χ3n) is 4.16. The first kappa shape index (κ1) is 14.5. The molecule has 1 aromatic heterocycles. The van der Waals surface area contributed by atoms with Crippen LogP contribution in [0.2, 0.25) is 0 Å². The van der Waals surface area contributed by atoms with Crippen molar-refractivity contribution in [2.45, 2.75) is 52.2 Å². The lowest BCUT2D eigenvalue weighted by Crippen LogP contribution is -2.49. The van der Waals surface area contributed by atoms with E-state index in [4.69, 9.17) is 0 Å². The van der Waals surface area contributed by atoms with E-state index < -0.39 is 0 Å². The van der Waals surface area contributed by atoms with Crippen molar-refractivity contribution in [1.29, 1.82) is 0 Å². The summed E-state index contributed by atoms with van der Waals surface area (Å²) in [6.07, 6.45) is 4.07. The van der Waals surface area contributed by atoms with Crippen LogP contribution in [0, 0.1) is 5.92 Å². The number of hydrogen-bond acceptors (Lipinski definition) is 4. The van der Waals surface area contributed by atoms with E-state index in [1.54, 1.807) is 6.33 Å². The maximum atomic E-state index is 4.41. The van der Waals surface area contributed by atoms with Gasteiger partial charge in [0.25, 0.3) is 0 Å². The second-order valence-corrected chi connectivity index (χ2v) is 6.34. The second kappa shape index (κ2) is 6.01. The summed E-state index contributed by atoms with van der Waals surface area (Å²) in [6, 6.07) is 0. The minimum absolute atomic E-state index is 0.308. The van der Waals surface area contributed by atoms with Crippen LogP contribution in [-0.4, -0.2) is 45.3 Å². The molecule has 2 rings (SSSR count). The van der Waals surface area contributed by atoms with E-state index in [1.807, 2.05) is 0 Å². The molecule has 0 unspecified atom stereocenters. The molecule has 0 atom stereocenters. The first-order chi connectivity index (χ1) is 9.02. The van der Waals surface area contributed by atoms with E-state index in [9.17, 15) is 0 Å². The summed E-state index contributed by atoms with van der Waals surface area (Å²) in [4.78, 5) is 6.90. The van der Waals surface area contributed by atoms with E-state index >= 15 is 0 Å². The quantitative estimate of drug-likeness (QED) is 0.876. The minimum Gasteiger partial charge on any atom is -0.314 e.